The molecule has 5 nitrogen and oxygen atoms in total. The van der Waals surface area contributed by atoms with Gasteiger partial charge in [-0.1, -0.05) is 0 Å². The number of benzene rings is 2. The van der Waals surface area contributed by atoms with E-state index in [0.717, 1.165) is 49.6 Å². The zero-order valence-corrected chi connectivity index (χ0v) is 18.6. The molecule has 0 amide bonds. The molecule has 0 atom stereocenters. The molecule has 29 heavy (non-hydrogen) atoms. The highest BCUT2D eigenvalue weighted by Crippen LogP contribution is 2.36. The SMILES string of the molecule is CN(C)c1ccc2c(SCCN3CCOCC3)c3ccc(N(C)C)cc3nc2c1. The number of anilines is 2. The van der Waals surface area contributed by atoms with E-state index in [0.29, 0.717) is 0 Å². The lowest BCUT2D eigenvalue weighted by atomic mass is 10.1. The third-order valence-electron chi connectivity index (χ3n) is 5.48. The largest absolute Gasteiger partial charge is 0.379 e. The minimum Gasteiger partial charge on any atom is -0.379 e. The first-order valence-corrected chi connectivity index (χ1v) is 11.2. The van der Waals surface area contributed by atoms with E-state index in [-0.39, 0.29) is 0 Å². The summed E-state index contributed by atoms with van der Waals surface area (Å²) in [5, 5.41) is 2.49. The van der Waals surface area contributed by atoms with E-state index in [9.17, 15) is 0 Å². The van der Waals surface area contributed by atoms with Crippen molar-refractivity contribution >= 4 is 44.9 Å². The van der Waals surface area contributed by atoms with Gasteiger partial charge in [0.05, 0.1) is 24.2 Å². The van der Waals surface area contributed by atoms with Crippen LogP contribution in [0.1, 0.15) is 0 Å². The molecule has 1 aliphatic heterocycles. The van der Waals surface area contributed by atoms with Gasteiger partial charge in [0.2, 0.25) is 0 Å². The van der Waals surface area contributed by atoms with Gasteiger partial charge in [-0.15, -0.1) is 11.8 Å². The lowest BCUT2D eigenvalue weighted by Crippen LogP contribution is -2.37. The number of thioether (sulfide) groups is 1. The summed E-state index contributed by atoms with van der Waals surface area (Å²) in [5.74, 6) is 1.07. The number of aromatic nitrogens is 1. The van der Waals surface area contributed by atoms with Crippen LogP contribution in [0, 0.1) is 0 Å². The predicted octanol–water partition coefficient (Wildman–Crippen LogP) is 3.94. The number of ether oxygens (including phenoxy) is 1. The fraction of sp³-hybridized carbons (Fsp3) is 0.435. The second-order valence-electron chi connectivity index (χ2n) is 7.94. The molecule has 1 saturated heterocycles. The number of fused-ring (bicyclic) bond motifs is 2. The minimum absolute atomic E-state index is 0.854. The Bertz CT molecular complexity index is 933. The van der Waals surface area contributed by atoms with Gasteiger partial charge in [0.1, 0.15) is 0 Å². The Morgan fingerprint density at radius 2 is 1.45 bits per heavy atom. The average Bonchev–Trinajstić information content (AvgIpc) is 2.73. The maximum absolute atomic E-state index is 5.48. The molecule has 2 aromatic carbocycles. The van der Waals surface area contributed by atoms with Gasteiger partial charge in [0.25, 0.3) is 0 Å². The van der Waals surface area contributed by atoms with Gasteiger partial charge in [-0.2, -0.15) is 0 Å². The molecular formula is C23H30N4OS. The number of nitrogens with zero attached hydrogens (tertiary/aromatic N) is 4. The molecule has 3 aromatic rings. The highest BCUT2D eigenvalue weighted by molar-refractivity contribution is 7.99. The van der Waals surface area contributed by atoms with Crippen LogP contribution in [0.3, 0.4) is 0 Å². The number of hydrogen-bond donors (Lipinski definition) is 0. The molecule has 6 heteroatoms. The topological polar surface area (TPSA) is 31.8 Å². The maximum atomic E-state index is 5.48. The van der Waals surface area contributed by atoms with Gasteiger partial charge in [-0.3, -0.25) is 4.90 Å². The van der Waals surface area contributed by atoms with Crippen molar-refractivity contribution in [1.29, 1.82) is 0 Å². The van der Waals surface area contributed by atoms with Gasteiger partial charge in [0.15, 0.2) is 0 Å². The van der Waals surface area contributed by atoms with Gasteiger partial charge in [-0.25, -0.2) is 4.98 Å². The summed E-state index contributed by atoms with van der Waals surface area (Å²) in [7, 11) is 8.30. The molecule has 0 N–H and O–H groups in total. The molecule has 0 bridgehead atoms. The Morgan fingerprint density at radius 3 is 1.97 bits per heavy atom. The third kappa shape index (κ3) is 4.44. The lowest BCUT2D eigenvalue weighted by molar-refractivity contribution is 0.0410. The van der Waals surface area contributed by atoms with Crippen molar-refractivity contribution in [1.82, 2.24) is 9.88 Å². The summed E-state index contributed by atoms with van der Waals surface area (Å²) in [6, 6.07) is 13.2. The van der Waals surface area contributed by atoms with Crippen LogP contribution in [-0.4, -0.2) is 76.7 Å². The molecule has 2 heterocycles. The van der Waals surface area contributed by atoms with Crippen molar-refractivity contribution in [3.63, 3.8) is 0 Å². The van der Waals surface area contributed by atoms with Crippen molar-refractivity contribution in [3.05, 3.63) is 36.4 Å². The molecule has 154 valence electrons. The average molecular weight is 411 g/mol. The normalized spacial score (nSPS) is 15.2. The van der Waals surface area contributed by atoms with Crippen LogP contribution in [0.25, 0.3) is 21.8 Å². The zero-order chi connectivity index (χ0) is 20.4. The quantitative estimate of drug-likeness (QED) is 0.452. The Morgan fingerprint density at radius 1 is 0.897 bits per heavy atom. The number of pyridine rings is 1. The smallest absolute Gasteiger partial charge is 0.0741 e. The van der Waals surface area contributed by atoms with E-state index in [2.05, 4.69) is 79.3 Å². The summed E-state index contributed by atoms with van der Waals surface area (Å²) in [6.45, 7) is 4.87. The first-order chi connectivity index (χ1) is 14.0. The maximum Gasteiger partial charge on any atom is 0.0741 e. The summed E-state index contributed by atoms with van der Waals surface area (Å²) < 4.78 is 5.48. The van der Waals surface area contributed by atoms with Crippen LogP contribution < -0.4 is 9.80 Å². The van der Waals surface area contributed by atoms with Crippen LogP contribution in [-0.2, 0) is 4.74 Å². The molecular weight excluding hydrogens is 380 g/mol. The summed E-state index contributed by atoms with van der Waals surface area (Å²) >= 11 is 1.95. The van der Waals surface area contributed by atoms with Gasteiger partial charge in [0, 0.05) is 80.6 Å². The molecule has 1 aromatic heterocycles. The molecule has 4 rings (SSSR count). The fourth-order valence-electron chi connectivity index (χ4n) is 3.70. The van der Waals surface area contributed by atoms with E-state index >= 15 is 0 Å². The second kappa shape index (κ2) is 8.78. The zero-order valence-electron chi connectivity index (χ0n) is 17.8. The second-order valence-corrected chi connectivity index (χ2v) is 9.04. The van der Waals surface area contributed by atoms with Crippen molar-refractivity contribution in [2.75, 3.05) is 76.6 Å². The Kier molecular flexibility index (Phi) is 6.13. The Labute approximate surface area is 177 Å². The van der Waals surface area contributed by atoms with Crippen molar-refractivity contribution in [2.24, 2.45) is 0 Å². The minimum atomic E-state index is 0.854. The van der Waals surface area contributed by atoms with Gasteiger partial charge < -0.3 is 14.5 Å². The highest BCUT2D eigenvalue weighted by Gasteiger charge is 2.14. The molecule has 1 fully saturated rings. The summed E-state index contributed by atoms with van der Waals surface area (Å²) in [6.07, 6.45) is 0. The van der Waals surface area contributed by atoms with E-state index in [1.165, 1.54) is 27.0 Å². The monoisotopic (exact) mass is 410 g/mol. The summed E-state index contributed by atoms with van der Waals surface area (Å²) in [5.41, 5.74) is 4.48. The van der Waals surface area contributed by atoms with Crippen molar-refractivity contribution in [2.45, 2.75) is 4.90 Å². The molecule has 0 unspecified atom stereocenters. The third-order valence-corrected chi connectivity index (χ3v) is 6.60. The van der Waals surface area contributed by atoms with E-state index in [1.54, 1.807) is 0 Å². The first kappa shape index (κ1) is 20.3. The van der Waals surface area contributed by atoms with Crippen molar-refractivity contribution in [3.8, 4) is 0 Å². The lowest BCUT2D eigenvalue weighted by Gasteiger charge is -2.26. The van der Waals surface area contributed by atoms with E-state index in [1.807, 2.05) is 11.8 Å². The van der Waals surface area contributed by atoms with Crippen LogP contribution >= 0.6 is 11.8 Å². The summed E-state index contributed by atoms with van der Waals surface area (Å²) in [4.78, 5) is 13.1. The Balaban J connectivity index is 1.73. The Hall–Kier alpha value is -2.02. The molecule has 0 spiro atoms. The first-order valence-electron chi connectivity index (χ1n) is 10.2. The fourth-order valence-corrected chi connectivity index (χ4v) is 4.91. The molecule has 0 aliphatic carbocycles. The van der Waals surface area contributed by atoms with Crippen LogP contribution in [0.15, 0.2) is 41.3 Å². The van der Waals surface area contributed by atoms with Crippen LogP contribution in [0.2, 0.25) is 0 Å². The molecule has 1 aliphatic rings. The predicted molar refractivity (Wildman–Crippen MR) is 126 cm³/mol. The standard InChI is InChI=1S/C23H30N4OS/c1-25(2)17-5-7-19-21(15-17)24-22-16-18(26(3)4)6-8-20(22)23(19)29-14-11-27-9-12-28-13-10-27/h5-8,15-16H,9-14H2,1-4H3. The van der Waals surface area contributed by atoms with Crippen LogP contribution in [0.4, 0.5) is 11.4 Å². The van der Waals surface area contributed by atoms with E-state index < -0.39 is 0 Å². The number of hydrogen-bond acceptors (Lipinski definition) is 6. The van der Waals surface area contributed by atoms with Crippen LogP contribution in [0.5, 0.6) is 0 Å². The van der Waals surface area contributed by atoms with Crippen molar-refractivity contribution < 1.29 is 4.74 Å². The molecule has 0 saturated carbocycles. The van der Waals surface area contributed by atoms with Gasteiger partial charge in [-0.05, 0) is 36.4 Å². The van der Waals surface area contributed by atoms with E-state index in [4.69, 9.17) is 9.72 Å². The number of morpholine rings is 1. The van der Waals surface area contributed by atoms with Gasteiger partial charge >= 0.3 is 0 Å². The molecule has 0 radical (unpaired) electrons. The highest BCUT2D eigenvalue weighted by atomic mass is 32.2. The number of rotatable bonds is 6.